The van der Waals surface area contributed by atoms with Crippen LogP contribution in [0.1, 0.15) is 367 Å². The van der Waals surface area contributed by atoms with Gasteiger partial charge in [-0.1, -0.05) is 314 Å². The Labute approximate surface area is 504 Å². The summed E-state index contributed by atoms with van der Waals surface area (Å²) in [7, 11) is 1.50. The second-order valence-corrected chi connectivity index (χ2v) is 27.1. The first kappa shape index (κ1) is 79.5. The van der Waals surface area contributed by atoms with Gasteiger partial charge in [0.05, 0.1) is 27.7 Å². The van der Waals surface area contributed by atoms with E-state index in [9.17, 15) is 19.0 Å². The molecule has 0 aromatic heterocycles. The molecule has 2 unspecified atom stereocenters. The lowest BCUT2D eigenvalue weighted by atomic mass is 10.0. The highest BCUT2D eigenvalue weighted by molar-refractivity contribution is 7.47. The van der Waals surface area contributed by atoms with E-state index in [2.05, 4.69) is 38.2 Å². The standard InChI is InChI=1S/C71H138NO8P/c1-6-8-10-12-14-16-18-20-22-24-26-27-28-29-30-31-32-33-34-35-36-37-38-39-40-41-42-43-44-45-46-48-50-52-54-56-58-60-62-64-71(74)80-69(68-79-81(75,76)78-66-65-72(3,4)5)67-77-70(73)63-61-59-57-55-53-51-49-47-25-23-21-19-17-15-13-11-9-7-2/h23-26,69H,6-22,27-68H2,1-5H3/p+1/b25-23-,26-24-. The first-order valence-corrected chi connectivity index (χ1v) is 37.1. The van der Waals surface area contributed by atoms with Crippen LogP contribution in [-0.4, -0.2) is 74.9 Å². The van der Waals surface area contributed by atoms with E-state index in [0.29, 0.717) is 17.4 Å². The Balaban J connectivity index is 3.88. The monoisotopic (exact) mass is 1170 g/mol. The molecule has 0 aromatic carbocycles. The van der Waals surface area contributed by atoms with Crippen molar-refractivity contribution in [3.05, 3.63) is 24.3 Å². The molecule has 0 amide bonds. The summed E-state index contributed by atoms with van der Waals surface area (Å²) < 4.78 is 34.7. The van der Waals surface area contributed by atoms with Gasteiger partial charge in [0.2, 0.25) is 0 Å². The van der Waals surface area contributed by atoms with Crippen LogP contribution in [0.2, 0.25) is 0 Å². The van der Waals surface area contributed by atoms with Gasteiger partial charge in [-0.2, -0.15) is 0 Å². The summed E-state index contributed by atoms with van der Waals surface area (Å²) in [6, 6.07) is 0. The van der Waals surface area contributed by atoms with E-state index >= 15 is 0 Å². The number of carbonyl (C=O) groups excluding carboxylic acids is 2. The topological polar surface area (TPSA) is 108 Å². The van der Waals surface area contributed by atoms with Crippen LogP contribution in [0.3, 0.4) is 0 Å². The molecule has 0 rings (SSSR count). The predicted octanol–water partition coefficient (Wildman–Crippen LogP) is 22.9. The van der Waals surface area contributed by atoms with E-state index < -0.39 is 26.5 Å². The van der Waals surface area contributed by atoms with E-state index in [1.807, 2.05) is 21.1 Å². The zero-order valence-electron chi connectivity index (χ0n) is 54.8. The summed E-state index contributed by atoms with van der Waals surface area (Å²) in [6.07, 6.45) is 78.8. The molecule has 0 fully saturated rings. The van der Waals surface area contributed by atoms with Gasteiger partial charge in [-0.15, -0.1) is 0 Å². The summed E-state index contributed by atoms with van der Waals surface area (Å²) in [5.74, 6) is -0.782. The van der Waals surface area contributed by atoms with Crippen molar-refractivity contribution in [1.29, 1.82) is 0 Å². The van der Waals surface area contributed by atoms with Crippen LogP contribution in [0.4, 0.5) is 0 Å². The number of nitrogens with zero attached hydrogens (tertiary/aromatic N) is 1. The molecule has 0 spiro atoms. The van der Waals surface area contributed by atoms with E-state index in [-0.39, 0.29) is 32.0 Å². The number of unbranched alkanes of at least 4 members (excludes halogenated alkanes) is 49. The zero-order valence-corrected chi connectivity index (χ0v) is 55.7. The number of allylic oxidation sites excluding steroid dienone is 4. The highest BCUT2D eigenvalue weighted by Crippen LogP contribution is 2.43. The smallest absolute Gasteiger partial charge is 0.462 e. The molecule has 81 heavy (non-hydrogen) atoms. The lowest BCUT2D eigenvalue weighted by Gasteiger charge is -2.24. The molecule has 0 heterocycles. The number of phosphoric acid groups is 1. The van der Waals surface area contributed by atoms with Crippen LogP contribution in [0.15, 0.2) is 24.3 Å². The third kappa shape index (κ3) is 67.5. The number of rotatable bonds is 67. The number of phosphoric ester groups is 1. The number of hydrogen-bond acceptors (Lipinski definition) is 7. The average Bonchev–Trinajstić information content (AvgIpc) is 3.43. The van der Waals surface area contributed by atoms with Crippen molar-refractivity contribution in [3.8, 4) is 0 Å². The minimum Gasteiger partial charge on any atom is -0.462 e. The molecular formula is C71H139NO8P+. The first-order chi connectivity index (χ1) is 39.5. The first-order valence-electron chi connectivity index (χ1n) is 35.6. The molecule has 0 saturated heterocycles. The minimum atomic E-state index is -4.39. The fourth-order valence-electron chi connectivity index (χ4n) is 10.7. The van der Waals surface area contributed by atoms with Crippen molar-refractivity contribution < 1.29 is 42.1 Å². The summed E-state index contributed by atoms with van der Waals surface area (Å²) in [5.41, 5.74) is 0. The molecule has 1 N–H and O–H groups in total. The third-order valence-electron chi connectivity index (χ3n) is 16.2. The maximum absolute atomic E-state index is 12.9. The van der Waals surface area contributed by atoms with Gasteiger partial charge < -0.3 is 18.9 Å². The third-order valence-corrected chi connectivity index (χ3v) is 17.2. The van der Waals surface area contributed by atoms with Crippen LogP contribution >= 0.6 is 7.82 Å². The summed E-state index contributed by atoms with van der Waals surface area (Å²) >= 11 is 0. The fraction of sp³-hybridized carbons (Fsp3) is 0.915. The highest BCUT2D eigenvalue weighted by atomic mass is 31.2. The Morgan fingerprint density at radius 1 is 0.370 bits per heavy atom. The van der Waals surface area contributed by atoms with Gasteiger partial charge in [-0.25, -0.2) is 4.57 Å². The van der Waals surface area contributed by atoms with Crippen molar-refractivity contribution >= 4 is 19.8 Å². The molecule has 0 aliphatic rings. The maximum Gasteiger partial charge on any atom is 0.472 e. The summed E-state index contributed by atoms with van der Waals surface area (Å²) in [4.78, 5) is 35.8. The van der Waals surface area contributed by atoms with Crippen LogP contribution in [0.25, 0.3) is 0 Å². The minimum absolute atomic E-state index is 0.0343. The SMILES string of the molecule is CCCCCCCCC/C=C\CCCCCCCCCC(=O)OCC(COP(=O)(O)OCC[N+](C)(C)C)OC(=O)CCCCCCCCCCCCCCCCCCCCCCCCCCCCC/C=C\CCCCCCCCCC. The van der Waals surface area contributed by atoms with Crippen LogP contribution in [-0.2, 0) is 32.7 Å². The lowest BCUT2D eigenvalue weighted by molar-refractivity contribution is -0.870. The molecule has 0 bridgehead atoms. The van der Waals surface area contributed by atoms with Crippen LogP contribution in [0.5, 0.6) is 0 Å². The van der Waals surface area contributed by atoms with Crippen LogP contribution in [0, 0.1) is 0 Å². The molecule has 2 atom stereocenters. The molecule has 10 heteroatoms. The molecule has 9 nitrogen and oxygen atoms in total. The number of likely N-dealkylation sites (N-methyl/N-ethyl adjacent to an activating group) is 1. The second-order valence-electron chi connectivity index (χ2n) is 25.6. The molecule has 0 saturated carbocycles. The van der Waals surface area contributed by atoms with E-state index in [1.54, 1.807) is 0 Å². The van der Waals surface area contributed by atoms with Gasteiger partial charge in [0, 0.05) is 12.8 Å². The quantitative estimate of drug-likeness (QED) is 0.0211. The normalized spacial score (nSPS) is 13.2. The number of carbonyl (C=O) groups is 2. The van der Waals surface area contributed by atoms with Gasteiger partial charge >= 0.3 is 19.8 Å². The van der Waals surface area contributed by atoms with Crippen molar-refractivity contribution in [2.24, 2.45) is 0 Å². The van der Waals surface area contributed by atoms with E-state index in [0.717, 1.165) is 32.1 Å². The molecule has 0 aliphatic heterocycles. The largest absolute Gasteiger partial charge is 0.472 e. The second kappa shape index (κ2) is 63.0. The van der Waals surface area contributed by atoms with Gasteiger partial charge in [-0.3, -0.25) is 18.6 Å². The van der Waals surface area contributed by atoms with Crippen molar-refractivity contribution in [3.63, 3.8) is 0 Å². The Kier molecular flexibility index (Phi) is 61.8. The van der Waals surface area contributed by atoms with Crippen LogP contribution < -0.4 is 0 Å². The number of ether oxygens (including phenoxy) is 2. The van der Waals surface area contributed by atoms with Gasteiger partial charge in [0.15, 0.2) is 6.10 Å². The average molecular weight is 1170 g/mol. The number of esters is 2. The van der Waals surface area contributed by atoms with Gasteiger partial charge in [-0.05, 0) is 64.2 Å². The zero-order chi connectivity index (χ0) is 59.1. The molecule has 0 aliphatic carbocycles. The predicted molar refractivity (Wildman–Crippen MR) is 349 cm³/mol. The van der Waals surface area contributed by atoms with Gasteiger partial charge in [0.1, 0.15) is 19.8 Å². The summed E-state index contributed by atoms with van der Waals surface area (Å²) in [6.45, 7) is 4.49. The van der Waals surface area contributed by atoms with Gasteiger partial charge in [0.25, 0.3) is 0 Å². The van der Waals surface area contributed by atoms with Crippen molar-refractivity contribution in [2.45, 2.75) is 373 Å². The molecular weight excluding hydrogens is 1030 g/mol. The summed E-state index contributed by atoms with van der Waals surface area (Å²) in [5, 5.41) is 0. The maximum atomic E-state index is 12.9. The Bertz CT molecular complexity index is 1420. The Morgan fingerprint density at radius 2 is 0.630 bits per heavy atom. The number of quaternary nitrogens is 1. The lowest BCUT2D eigenvalue weighted by Crippen LogP contribution is -2.37. The molecule has 0 aromatic rings. The van der Waals surface area contributed by atoms with E-state index in [4.69, 9.17) is 18.5 Å². The Morgan fingerprint density at radius 3 is 0.914 bits per heavy atom. The van der Waals surface area contributed by atoms with E-state index in [1.165, 1.54) is 302 Å². The highest BCUT2D eigenvalue weighted by Gasteiger charge is 2.27. The van der Waals surface area contributed by atoms with Crippen molar-refractivity contribution in [1.82, 2.24) is 0 Å². The fourth-order valence-corrected chi connectivity index (χ4v) is 11.5. The molecule has 0 radical (unpaired) electrons. The number of hydrogen-bond donors (Lipinski definition) is 1. The van der Waals surface area contributed by atoms with Crippen molar-refractivity contribution in [2.75, 3.05) is 47.5 Å². The molecule has 480 valence electrons. The Hall–Kier alpha value is -1.51.